The van der Waals surface area contributed by atoms with Gasteiger partial charge in [-0.3, -0.25) is 9.80 Å². The minimum atomic E-state index is 0.351. The average molecular weight is 247 g/mol. The van der Waals surface area contributed by atoms with Crippen molar-refractivity contribution in [2.75, 3.05) is 33.0 Å². The van der Waals surface area contributed by atoms with Crippen molar-refractivity contribution in [2.45, 2.75) is 13.5 Å². The Hall–Kier alpha value is -1.26. The van der Waals surface area contributed by atoms with Crippen LogP contribution in [0, 0.1) is 6.54 Å². The van der Waals surface area contributed by atoms with Gasteiger partial charge in [0.2, 0.25) is 6.79 Å². The highest BCUT2D eigenvalue weighted by Crippen LogP contribution is 2.32. The van der Waals surface area contributed by atoms with Gasteiger partial charge in [0, 0.05) is 39.3 Å². The first-order chi connectivity index (χ1) is 8.85. The molecule has 1 radical (unpaired) electrons. The van der Waals surface area contributed by atoms with Gasteiger partial charge in [-0.15, -0.1) is 0 Å². The van der Waals surface area contributed by atoms with Crippen LogP contribution < -0.4 is 9.47 Å². The molecule has 1 aromatic rings. The van der Waals surface area contributed by atoms with E-state index in [4.69, 9.17) is 9.47 Å². The van der Waals surface area contributed by atoms with Crippen molar-refractivity contribution < 1.29 is 9.47 Å². The fourth-order valence-electron chi connectivity index (χ4n) is 2.48. The zero-order valence-electron chi connectivity index (χ0n) is 10.8. The zero-order chi connectivity index (χ0) is 12.4. The summed E-state index contributed by atoms with van der Waals surface area (Å²) in [4.78, 5) is 4.85. The van der Waals surface area contributed by atoms with Crippen molar-refractivity contribution in [3.63, 3.8) is 0 Å². The molecule has 1 aromatic carbocycles. The van der Waals surface area contributed by atoms with E-state index in [1.807, 2.05) is 6.07 Å². The Morgan fingerprint density at radius 3 is 2.67 bits per heavy atom. The third kappa shape index (κ3) is 2.44. The molecule has 0 spiro atoms. The largest absolute Gasteiger partial charge is 0.454 e. The second-order valence-electron chi connectivity index (χ2n) is 4.76. The van der Waals surface area contributed by atoms with Crippen LogP contribution in [-0.4, -0.2) is 42.8 Å². The molecule has 0 amide bonds. The predicted molar refractivity (Wildman–Crippen MR) is 69.4 cm³/mol. The lowest BCUT2D eigenvalue weighted by atomic mass is 10.1. The first-order valence-corrected chi connectivity index (χ1v) is 6.49. The molecule has 0 saturated carbocycles. The molecule has 0 aromatic heterocycles. The van der Waals surface area contributed by atoms with E-state index in [1.54, 1.807) is 0 Å². The summed E-state index contributed by atoms with van der Waals surface area (Å²) in [5, 5.41) is 0. The summed E-state index contributed by atoms with van der Waals surface area (Å²) in [6, 6.07) is 6.24. The van der Waals surface area contributed by atoms with Gasteiger partial charge in [0.05, 0.1) is 0 Å². The summed E-state index contributed by atoms with van der Waals surface area (Å²) < 4.78 is 10.7. The van der Waals surface area contributed by atoms with Gasteiger partial charge < -0.3 is 9.47 Å². The summed E-state index contributed by atoms with van der Waals surface area (Å²) >= 11 is 0. The van der Waals surface area contributed by atoms with Crippen molar-refractivity contribution in [2.24, 2.45) is 0 Å². The smallest absolute Gasteiger partial charge is 0.231 e. The Morgan fingerprint density at radius 2 is 1.89 bits per heavy atom. The minimum Gasteiger partial charge on any atom is -0.454 e. The highest BCUT2D eigenvalue weighted by molar-refractivity contribution is 5.44. The number of rotatable bonds is 3. The Balaban J connectivity index is 1.60. The maximum absolute atomic E-state index is 5.41. The normalized spacial score (nSPS) is 20.3. The van der Waals surface area contributed by atoms with E-state index in [0.29, 0.717) is 6.79 Å². The lowest BCUT2D eigenvalue weighted by Crippen LogP contribution is -2.44. The molecule has 3 rings (SSSR count). The number of benzene rings is 1. The van der Waals surface area contributed by atoms with Gasteiger partial charge in [0.1, 0.15) is 0 Å². The molecular formula is C14H19N2O2. The van der Waals surface area contributed by atoms with Crippen molar-refractivity contribution in [3.8, 4) is 11.5 Å². The number of hydrogen-bond donors (Lipinski definition) is 0. The molecule has 97 valence electrons. The van der Waals surface area contributed by atoms with E-state index in [9.17, 15) is 0 Å². The lowest BCUT2D eigenvalue weighted by molar-refractivity contribution is 0.150. The van der Waals surface area contributed by atoms with Gasteiger partial charge in [-0.25, -0.2) is 0 Å². The zero-order valence-corrected chi connectivity index (χ0v) is 10.8. The second-order valence-corrected chi connectivity index (χ2v) is 4.76. The van der Waals surface area contributed by atoms with Crippen molar-refractivity contribution in [3.05, 3.63) is 30.3 Å². The quantitative estimate of drug-likeness (QED) is 0.812. The Kier molecular flexibility index (Phi) is 3.39. The third-order valence-electron chi connectivity index (χ3n) is 3.62. The summed E-state index contributed by atoms with van der Waals surface area (Å²) in [6.45, 7) is 10.1. The second kappa shape index (κ2) is 5.16. The van der Waals surface area contributed by atoms with Gasteiger partial charge in [-0.1, -0.05) is 6.07 Å². The molecule has 0 bridgehead atoms. The molecule has 18 heavy (non-hydrogen) atoms. The van der Waals surface area contributed by atoms with Crippen LogP contribution in [0.2, 0.25) is 0 Å². The fraction of sp³-hybridized carbons (Fsp3) is 0.500. The summed E-state index contributed by atoms with van der Waals surface area (Å²) in [6.07, 6.45) is 0. The van der Waals surface area contributed by atoms with Crippen LogP contribution in [0.1, 0.15) is 12.5 Å². The molecule has 2 heterocycles. The third-order valence-corrected chi connectivity index (χ3v) is 3.62. The Morgan fingerprint density at radius 1 is 1.11 bits per heavy atom. The molecule has 0 N–H and O–H groups in total. The first kappa shape index (κ1) is 11.8. The number of piperazine rings is 1. The first-order valence-electron chi connectivity index (χ1n) is 6.49. The molecule has 0 unspecified atom stereocenters. The van der Waals surface area contributed by atoms with Crippen LogP contribution in [0.4, 0.5) is 0 Å². The highest BCUT2D eigenvalue weighted by atomic mass is 16.7. The highest BCUT2D eigenvalue weighted by Gasteiger charge is 2.17. The van der Waals surface area contributed by atoms with Crippen molar-refractivity contribution in [1.29, 1.82) is 0 Å². The fourth-order valence-corrected chi connectivity index (χ4v) is 2.48. The van der Waals surface area contributed by atoms with Crippen LogP contribution >= 0.6 is 0 Å². The summed E-state index contributed by atoms with van der Waals surface area (Å²) in [5.74, 6) is 1.75. The number of nitrogens with zero attached hydrogens (tertiary/aromatic N) is 2. The summed E-state index contributed by atoms with van der Waals surface area (Å²) in [5.41, 5.74) is 1.30. The molecule has 4 heteroatoms. The van der Waals surface area contributed by atoms with Gasteiger partial charge in [-0.05, 0) is 24.6 Å². The lowest BCUT2D eigenvalue weighted by Gasteiger charge is -2.33. The maximum Gasteiger partial charge on any atom is 0.231 e. The van der Waals surface area contributed by atoms with Gasteiger partial charge in [-0.2, -0.15) is 0 Å². The van der Waals surface area contributed by atoms with Gasteiger partial charge >= 0.3 is 0 Å². The van der Waals surface area contributed by atoms with E-state index in [1.165, 1.54) is 5.56 Å². The van der Waals surface area contributed by atoms with E-state index in [0.717, 1.165) is 44.2 Å². The molecule has 4 nitrogen and oxygen atoms in total. The standard InChI is InChI=1S/C14H19N2O2/c1-2-15-5-7-16(8-6-15)10-12-3-4-13-14(9-12)18-11-17-13/h2-4,9H,5-8,10-11H2,1H3. The Labute approximate surface area is 108 Å². The van der Waals surface area contributed by atoms with Crippen LogP contribution in [0.25, 0.3) is 0 Å². The number of ether oxygens (including phenoxy) is 2. The summed E-state index contributed by atoms with van der Waals surface area (Å²) in [7, 11) is 0. The van der Waals surface area contributed by atoms with Gasteiger partial charge in [0.25, 0.3) is 0 Å². The van der Waals surface area contributed by atoms with Gasteiger partial charge in [0.15, 0.2) is 11.5 Å². The monoisotopic (exact) mass is 247 g/mol. The average Bonchev–Trinajstić information content (AvgIpc) is 2.87. The molecule has 1 saturated heterocycles. The van der Waals surface area contributed by atoms with E-state index in [2.05, 4.69) is 35.4 Å². The molecular weight excluding hydrogens is 228 g/mol. The topological polar surface area (TPSA) is 24.9 Å². The SMILES string of the molecule is C[CH]N1CCN(Cc2ccc3c(c2)OCO3)CC1. The molecule has 0 atom stereocenters. The van der Waals surface area contributed by atoms with E-state index in [-0.39, 0.29) is 0 Å². The van der Waals surface area contributed by atoms with Crippen molar-refractivity contribution >= 4 is 0 Å². The number of fused-ring (bicyclic) bond motifs is 1. The molecule has 0 aliphatic carbocycles. The van der Waals surface area contributed by atoms with E-state index < -0.39 is 0 Å². The molecule has 1 fully saturated rings. The predicted octanol–water partition coefficient (Wildman–Crippen LogP) is 1.71. The van der Waals surface area contributed by atoms with Crippen LogP contribution in [0.15, 0.2) is 18.2 Å². The Bertz CT molecular complexity index is 414. The van der Waals surface area contributed by atoms with Crippen molar-refractivity contribution in [1.82, 2.24) is 9.80 Å². The molecule has 2 aliphatic rings. The van der Waals surface area contributed by atoms with Crippen LogP contribution in [0.5, 0.6) is 11.5 Å². The van der Waals surface area contributed by atoms with E-state index >= 15 is 0 Å². The minimum absolute atomic E-state index is 0.351. The molecule has 2 aliphatic heterocycles. The van der Waals surface area contributed by atoms with Crippen LogP contribution in [-0.2, 0) is 6.54 Å². The maximum atomic E-state index is 5.41. The van der Waals surface area contributed by atoms with Crippen LogP contribution in [0.3, 0.4) is 0 Å². The number of hydrogen-bond acceptors (Lipinski definition) is 4.